The molecule has 0 atom stereocenters. The van der Waals surface area contributed by atoms with E-state index in [-0.39, 0.29) is 0 Å². The molecule has 0 fully saturated rings. The van der Waals surface area contributed by atoms with Crippen LogP contribution in [-0.4, -0.2) is 16.4 Å². The predicted molar refractivity (Wildman–Crippen MR) is 161 cm³/mol. The van der Waals surface area contributed by atoms with E-state index in [2.05, 4.69) is 133 Å². The van der Waals surface area contributed by atoms with Crippen LogP contribution in [0.15, 0.2) is 128 Å². The fourth-order valence-corrected chi connectivity index (χ4v) is 5.41. The van der Waals surface area contributed by atoms with Gasteiger partial charge >= 0.3 is 0 Å². The number of benzene rings is 4. The van der Waals surface area contributed by atoms with Gasteiger partial charge in [0.05, 0.1) is 12.8 Å². The molecule has 0 N–H and O–H groups in total. The van der Waals surface area contributed by atoms with Crippen molar-refractivity contribution in [2.45, 2.75) is 51.0 Å². The van der Waals surface area contributed by atoms with Crippen molar-refractivity contribution in [3.05, 3.63) is 144 Å². The van der Waals surface area contributed by atoms with Gasteiger partial charge in [0.15, 0.2) is 0 Å². The van der Waals surface area contributed by atoms with Crippen molar-refractivity contribution >= 4 is 0 Å². The first-order valence-electron chi connectivity index (χ1n) is 14.3. The fraction of sp³-hybridized carbons (Fsp3) is 0.250. The van der Waals surface area contributed by atoms with Crippen LogP contribution in [0, 0.1) is 0 Å². The second-order valence-corrected chi connectivity index (χ2v) is 10.1. The van der Waals surface area contributed by atoms with Crippen LogP contribution in [0.2, 0.25) is 0 Å². The normalized spacial score (nSPS) is 11.4. The minimum absolute atomic E-state index is 0.609. The summed E-state index contributed by atoms with van der Waals surface area (Å²) < 4.78 is 8.13. The molecule has 1 heterocycles. The van der Waals surface area contributed by atoms with Gasteiger partial charge in [-0.15, -0.1) is 0 Å². The Hall–Kier alpha value is -4.11. The number of unbranched alkanes of at least 4 members (excludes halogenated alkanes) is 5. The van der Waals surface area contributed by atoms with E-state index in [1.165, 1.54) is 32.1 Å². The molecule has 39 heavy (non-hydrogen) atoms. The molecule has 4 aromatic carbocycles. The van der Waals surface area contributed by atoms with Crippen molar-refractivity contribution in [1.29, 1.82) is 0 Å². The largest absolute Gasteiger partial charge is 0.494 e. The van der Waals surface area contributed by atoms with Crippen LogP contribution in [0.1, 0.15) is 62.1 Å². The highest BCUT2D eigenvalue weighted by Crippen LogP contribution is 2.41. The van der Waals surface area contributed by atoms with Crippen LogP contribution in [0.4, 0.5) is 0 Å². The van der Waals surface area contributed by atoms with Gasteiger partial charge in [-0.25, -0.2) is 0 Å². The highest BCUT2D eigenvalue weighted by atomic mass is 16.5. The van der Waals surface area contributed by atoms with Crippen LogP contribution in [0.5, 0.6) is 5.75 Å². The van der Waals surface area contributed by atoms with Gasteiger partial charge in [-0.3, -0.25) is 4.68 Å². The Bertz CT molecular complexity index is 1300. The molecule has 3 nitrogen and oxygen atoms in total. The maximum absolute atomic E-state index is 6.02. The molecule has 0 unspecified atom stereocenters. The number of hydrogen-bond acceptors (Lipinski definition) is 2. The molecule has 0 aliphatic rings. The van der Waals surface area contributed by atoms with E-state index in [1.54, 1.807) is 0 Å². The van der Waals surface area contributed by atoms with Crippen molar-refractivity contribution in [1.82, 2.24) is 9.78 Å². The third kappa shape index (κ3) is 5.98. The number of hydrogen-bond donors (Lipinski definition) is 0. The zero-order valence-electron chi connectivity index (χ0n) is 22.9. The summed E-state index contributed by atoms with van der Waals surface area (Å²) in [4.78, 5) is 0. The Kier molecular flexibility index (Phi) is 8.90. The van der Waals surface area contributed by atoms with Gasteiger partial charge in [-0.1, -0.05) is 142 Å². The number of ether oxygens (including phenoxy) is 1. The molecule has 0 spiro atoms. The quantitative estimate of drug-likeness (QED) is 0.116. The highest BCUT2D eigenvalue weighted by Gasteiger charge is 2.39. The summed E-state index contributed by atoms with van der Waals surface area (Å²) in [6, 6.07) is 40.4. The lowest BCUT2D eigenvalue weighted by molar-refractivity contribution is 0.304. The lowest BCUT2D eigenvalue weighted by Gasteiger charge is -2.36. The Morgan fingerprint density at radius 1 is 0.590 bits per heavy atom. The van der Waals surface area contributed by atoms with Gasteiger partial charge in [-0.2, -0.15) is 5.10 Å². The Balaban J connectivity index is 1.43. The lowest BCUT2D eigenvalue weighted by atomic mass is 9.77. The second-order valence-electron chi connectivity index (χ2n) is 10.1. The average molecular weight is 515 g/mol. The summed E-state index contributed by atoms with van der Waals surface area (Å²) in [6.07, 6.45) is 11.7. The molecule has 0 amide bonds. The minimum Gasteiger partial charge on any atom is -0.494 e. The van der Waals surface area contributed by atoms with E-state index in [9.17, 15) is 0 Å². The van der Waals surface area contributed by atoms with Gasteiger partial charge in [0.1, 0.15) is 11.3 Å². The number of rotatable bonds is 13. The molecule has 0 bridgehead atoms. The summed E-state index contributed by atoms with van der Waals surface area (Å²) >= 11 is 0. The SMILES string of the molecule is CCCCCCCCOc1ccc(-c2cnn(C(c3ccccc3)(c3ccccc3)c3ccccc3)c2)cc1. The maximum atomic E-state index is 6.02. The molecule has 3 heteroatoms. The van der Waals surface area contributed by atoms with E-state index in [4.69, 9.17) is 9.84 Å². The van der Waals surface area contributed by atoms with E-state index in [0.29, 0.717) is 0 Å². The summed E-state index contributed by atoms with van der Waals surface area (Å²) in [6.45, 7) is 3.03. The second kappa shape index (κ2) is 13.1. The third-order valence-electron chi connectivity index (χ3n) is 7.46. The van der Waals surface area contributed by atoms with E-state index >= 15 is 0 Å². The maximum Gasteiger partial charge on any atom is 0.138 e. The van der Waals surface area contributed by atoms with Crippen LogP contribution >= 0.6 is 0 Å². The Labute approximate surface area is 233 Å². The molecule has 1 aromatic heterocycles. The first-order valence-corrected chi connectivity index (χ1v) is 14.3. The van der Waals surface area contributed by atoms with E-state index < -0.39 is 5.54 Å². The average Bonchev–Trinajstić information content (AvgIpc) is 3.50. The Morgan fingerprint density at radius 3 is 1.64 bits per heavy atom. The molecule has 198 valence electrons. The van der Waals surface area contributed by atoms with Crippen LogP contribution in [0.25, 0.3) is 11.1 Å². The van der Waals surface area contributed by atoms with Crippen molar-refractivity contribution in [3.8, 4) is 16.9 Å². The standard InChI is InChI=1S/C36H38N2O/c1-2-3-4-5-6-16-27-39-35-25-23-30(24-26-35)31-28-37-38(29-31)36(32-17-10-7-11-18-32,33-19-12-8-13-20-33)34-21-14-9-15-22-34/h7-15,17-26,28-29H,2-6,16,27H2,1H3. The summed E-state index contributed by atoms with van der Waals surface area (Å²) in [5, 5.41) is 4.99. The monoisotopic (exact) mass is 514 g/mol. The van der Waals surface area contributed by atoms with Crippen LogP contribution in [-0.2, 0) is 5.54 Å². The topological polar surface area (TPSA) is 27.1 Å². The number of nitrogens with zero attached hydrogens (tertiary/aromatic N) is 2. The van der Waals surface area contributed by atoms with Gasteiger partial charge in [0, 0.05) is 11.8 Å². The van der Waals surface area contributed by atoms with Crippen molar-refractivity contribution in [2.24, 2.45) is 0 Å². The third-order valence-corrected chi connectivity index (χ3v) is 7.46. The van der Waals surface area contributed by atoms with Gasteiger partial charge in [-0.05, 0) is 40.8 Å². The van der Waals surface area contributed by atoms with Crippen LogP contribution < -0.4 is 4.74 Å². The predicted octanol–water partition coefficient (Wildman–Crippen LogP) is 9.13. The van der Waals surface area contributed by atoms with E-state index in [1.807, 2.05) is 6.20 Å². The van der Waals surface area contributed by atoms with Crippen molar-refractivity contribution in [2.75, 3.05) is 6.61 Å². The first kappa shape index (κ1) is 26.5. The molecule has 5 rings (SSSR count). The Morgan fingerprint density at radius 2 is 1.10 bits per heavy atom. The zero-order chi connectivity index (χ0) is 26.8. The first-order chi connectivity index (χ1) is 19.3. The molecule has 0 aliphatic heterocycles. The summed E-state index contributed by atoms with van der Waals surface area (Å²) in [7, 11) is 0. The summed E-state index contributed by atoms with van der Waals surface area (Å²) in [5.41, 5.74) is 5.07. The fourth-order valence-electron chi connectivity index (χ4n) is 5.41. The summed E-state index contributed by atoms with van der Waals surface area (Å²) in [5.74, 6) is 0.923. The van der Waals surface area contributed by atoms with Crippen molar-refractivity contribution in [3.63, 3.8) is 0 Å². The zero-order valence-corrected chi connectivity index (χ0v) is 22.9. The molecular formula is C36H38N2O. The highest BCUT2D eigenvalue weighted by molar-refractivity contribution is 5.63. The number of aromatic nitrogens is 2. The minimum atomic E-state index is -0.609. The molecule has 5 aromatic rings. The molecule has 0 aliphatic carbocycles. The van der Waals surface area contributed by atoms with Crippen molar-refractivity contribution < 1.29 is 4.74 Å². The molecular weight excluding hydrogens is 476 g/mol. The van der Waals surface area contributed by atoms with Gasteiger partial charge in [0.25, 0.3) is 0 Å². The smallest absolute Gasteiger partial charge is 0.138 e. The van der Waals surface area contributed by atoms with Crippen LogP contribution in [0.3, 0.4) is 0 Å². The van der Waals surface area contributed by atoms with Gasteiger partial charge in [0.2, 0.25) is 0 Å². The molecule has 0 saturated carbocycles. The van der Waals surface area contributed by atoms with Gasteiger partial charge < -0.3 is 4.74 Å². The molecule has 0 saturated heterocycles. The van der Waals surface area contributed by atoms with E-state index in [0.717, 1.165) is 46.6 Å². The molecule has 0 radical (unpaired) electrons. The lowest BCUT2D eigenvalue weighted by Crippen LogP contribution is -2.38.